The van der Waals surface area contributed by atoms with E-state index in [0.717, 1.165) is 30.4 Å². The van der Waals surface area contributed by atoms with E-state index < -0.39 is 0 Å². The highest BCUT2D eigenvalue weighted by atomic mass is 35.5. The van der Waals surface area contributed by atoms with E-state index in [9.17, 15) is 10.1 Å². The number of halogens is 1. The Hall–Kier alpha value is -2.34. The van der Waals surface area contributed by atoms with Crippen molar-refractivity contribution in [2.75, 3.05) is 11.1 Å². The molecule has 1 aromatic carbocycles. The highest BCUT2D eigenvalue weighted by Gasteiger charge is 2.32. The first kappa shape index (κ1) is 23.8. The lowest BCUT2D eigenvalue weighted by Crippen LogP contribution is -2.26. The summed E-state index contributed by atoms with van der Waals surface area (Å²) in [5, 5.41) is 23.1. The molecular weight excluding hydrogens is 474 g/mol. The molecule has 1 atom stereocenters. The molecule has 1 N–H and O–H groups in total. The van der Waals surface area contributed by atoms with Crippen molar-refractivity contribution in [1.29, 1.82) is 5.26 Å². The van der Waals surface area contributed by atoms with Gasteiger partial charge in [0.2, 0.25) is 5.91 Å². The molecule has 172 valence electrons. The van der Waals surface area contributed by atoms with Gasteiger partial charge in [-0.05, 0) is 48.3 Å². The number of nitriles is 1. The molecule has 9 heteroatoms. The molecule has 2 aromatic heterocycles. The van der Waals surface area contributed by atoms with E-state index in [1.807, 2.05) is 35.9 Å². The van der Waals surface area contributed by atoms with Gasteiger partial charge in [0.1, 0.15) is 11.1 Å². The molecule has 0 radical (unpaired) electrons. The second-order valence-electron chi connectivity index (χ2n) is 9.31. The molecule has 1 aliphatic carbocycles. The number of hydrogen-bond acceptors (Lipinski definition) is 6. The zero-order chi connectivity index (χ0) is 23.8. The third-order valence-corrected chi connectivity index (χ3v) is 8.66. The van der Waals surface area contributed by atoms with Crippen LogP contribution >= 0.6 is 34.7 Å². The van der Waals surface area contributed by atoms with Crippen LogP contribution in [0.1, 0.15) is 43.2 Å². The highest BCUT2D eigenvalue weighted by molar-refractivity contribution is 7.99. The van der Waals surface area contributed by atoms with Gasteiger partial charge in [-0.1, -0.05) is 56.3 Å². The summed E-state index contributed by atoms with van der Waals surface area (Å²) in [6.07, 6.45) is 2.93. The maximum Gasteiger partial charge on any atom is 0.235 e. The van der Waals surface area contributed by atoms with Crippen molar-refractivity contribution >= 4 is 45.6 Å². The summed E-state index contributed by atoms with van der Waals surface area (Å²) in [7, 11) is 1.85. The summed E-state index contributed by atoms with van der Waals surface area (Å²) in [5.74, 6) is 1.24. The van der Waals surface area contributed by atoms with Crippen molar-refractivity contribution in [1.82, 2.24) is 14.8 Å². The third-order valence-electron chi connectivity index (χ3n) is 6.14. The number of carbonyl (C=O) groups is 1. The van der Waals surface area contributed by atoms with Crippen LogP contribution in [0.3, 0.4) is 0 Å². The van der Waals surface area contributed by atoms with Gasteiger partial charge in [-0.25, -0.2) is 0 Å². The van der Waals surface area contributed by atoms with Crippen LogP contribution < -0.4 is 5.32 Å². The molecule has 0 bridgehead atoms. The predicted octanol–water partition coefficient (Wildman–Crippen LogP) is 5.95. The number of nitrogens with zero attached hydrogens (tertiary/aromatic N) is 4. The molecule has 2 heterocycles. The molecule has 0 saturated carbocycles. The molecule has 1 unspecified atom stereocenters. The van der Waals surface area contributed by atoms with Crippen LogP contribution in [0.15, 0.2) is 29.4 Å². The average Bonchev–Trinajstić information content (AvgIpc) is 3.30. The van der Waals surface area contributed by atoms with Gasteiger partial charge in [0.25, 0.3) is 0 Å². The number of amides is 1. The van der Waals surface area contributed by atoms with Crippen LogP contribution in [0.5, 0.6) is 0 Å². The molecule has 0 aliphatic heterocycles. The van der Waals surface area contributed by atoms with E-state index in [0.29, 0.717) is 32.5 Å². The fourth-order valence-corrected chi connectivity index (χ4v) is 6.37. The highest BCUT2D eigenvalue weighted by Crippen LogP contribution is 2.44. The molecule has 1 amide bonds. The van der Waals surface area contributed by atoms with Crippen LogP contribution in [0.25, 0.3) is 11.4 Å². The summed E-state index contributed by atoms with van der Waals surface area (Å²) < 4.78 is 1.83. The molecule has 0 spiro atoms. The van der Waals surface area contributed by atoms with Crippen molar-refractivity contribution in [3.8, 4) is 17.5 Å². The standard InChI is InChI=1S/C24H26ClN5OS2/c1-24(2,3)14-9-10-15-17(12-26)22(33-19(15)11-14)27-20(31)13-32-23-29-28-21(30(23)4)16-7-5-6-8-18(16)25/h5-8,14H,9-11,13H2,1-4H3,(H,27,31). The SMILES string of the molecule is Cn1c(SCC(=O)Nc2sc3c(c2C#N)CCC(C(C)(C)C)C3)nnc1-c1ccccc1Cl. The van der Waals surface area contributed by atoms with Gasteiger partial charge in [0, 0.05) is 17.5 Å². The molecule has 33 heavy (non-hydrogen) atoms. The van der Waals surface area contributed by atoms with Crippen LogP contribution in [0, 0.1) is 22.7 Å². The van der Waals surface area contributed by atoms with E-state index in [4.69, 9.17) is 11.6 Å². The number of hydrogen-bond donors (Lipinski definition) is 1. The number of anilines is 1. The third kappa shape index (κ3) is 4.96. The fraction of sp³-hybridized carbons (Fsp3) is 0.417. The lowest BCUT2D eigenvalue weighted by atomic mass is 9.72. The number of thioether (sulfide) groups is 1. The van der Waals surface area contributed by atoms with Gasteiger partial charge in [-0.15, -0.1) is 21.5 Å². The molecular formula is C24H26ClN5OS2. The van der Waals surface area contributed by atoms with Gasteiger partial charge in [0.15, 0.2) is 11.0 Å². The molecule has 1 aliphatic rings. The van der Waals surface area contributed by atoms with Crippen molar-refractivity contribution in [3.05, 3.63) is 45.3 Å². The maximum absolute atomic E-state index is 12.7. The van der Waals surface area contributed by atoms with Gasteiger partial charge < -0.3 is 9.88 Å². The first-order valence-corrected chi connectivity index (χ1v) is 13.0. The van der Waals surface area contributed by atoms with Crippen molar-refractivity contribution in [3.63, 3.8) is 0 Å². The van der Waals surface area contributed by atoms with Gasteiger partial charge in [0.05, 0.1) is 16.3 Å². The monoisotopic (exact) mass is 499 g/mol. The zero-order valence-corrected chi connectivity index (χ0v) is 21.5. The van der Waals surface area contributed by atoms with Gasteiger partial charge in [-0.3, -0.25) is 4.79 Å². The molecule has 4 rings (SSSR count). The molecule has 6 nitrogen and oxygen atoms in total. The Kier molecular flexibility index (Phi) is 6.85. The fourth-order valence-electron chi connectivity index (χ4n) is 4.14. The number of fused-ring (bicyclic) bond motifs is 1. The summed E-state index contributed by atoms with van der Waals surface area (Å²) >= 11 is 9.14. The number of rotatable bonds is 5. The Bertz CT molecular complexity index is 1230. The second-order valence-corrected chi connectivity index (χ2v) is 11.8. The number of thiophene rings is 1. The van der Waals surface area contributed by atoms with Crippen LogP contribution in [-0.2, 0) is 24.7 Å². The van der Waals surface area contributed by atoms with E-state index in [1.165, 1.54) is 16.6 Å². The van der Waals surface area contributed by atoms with Crippen molar-refractivity contribution in [2.45, 2.75) is 45.2 Å². The first-order chi connectivity index (χ1) is 15.7. The topological polar surface area (TPSA) is 83.6 Å². The lowest BCUT2D eigenvalue weighted by molar-refractivity contribution is -0.113. The Balaban J connectivity index is 1.44. The lowest BCUT2D eigenvalue weighted by Gasteiger charge is -2.33. The van der Waals surface area contributed by atoms with E-state index >= 15 is 0 Å². The van der Waals surface area contributed by atoms with Crippen LogP contribution in [0.4, 0.5) is 5.00 Å². The number of carbonyl (C=O) groups excluding carboxylic acids is 1. The van der Waals surface area contributed by atoms with Crippen molar-refractivity contribution < 1.29 is 4.79 Å². The van der Waals surface area contributed by atoms with E-state index in [2.05, 4.69) is 42.4 Å². The van der Waals surface area contributed by atoms with Crippen molar-refractivity contribution in [2.24, 2.45) is 18.4 Å². The smallest absolute Gasteiger partial charge is 0.235 e. The maximum atomic E-state index is 12.7. The minimum Gasteiger partial charge on any atom is -0.316 e. The minimum absolute atomic E-state index is 0.162. The normalized spacial score (nSPS) is 15.7. The number of benzene rings is 1. The minimum atomic E-state index is -0.162. The Morgan fingerprint density at radius 2 is 2.12 bits per heavy atom. The summed E-state index contributed by atoms with van der Waals surface area (Å²) in [6, 6.07) is 9.78. The Morgan fingerprint density at radius 3 is 2.82 bits per heavy atom. The zero-order valence-electron chi connectivity index (χ0n) is 19.1. The van der Waals surface area contributed by atoms with E-state index in [-0.39, 0.29) is 17.1 Å². The quantitative estimate of drug-likeness (QED) is 0.438. The molecule has 0 fully saturated rings. The predicted molar refractivity (Wildman–Crippen MR) is 135 cm³/mol. The summed E-state index contributed by atoms with van der Waals surface area (Å²) in [6.45, 7) is 6.81. The van der Waals surface area contributed by atoms with E-state index in [1.54, 1.807) is 11.3 Å². The largest absolute Gasteiger partial charge is 0.316 e. The first-order valence-electron chi connectivity index (χ1n) is 10.8. The molecule has 3 aromatic rings. The average molecular weight is 500 g/mol. The second kappa shape index (κ2) is 9.49. The number of aromatic nitrogens is 3. The number of nitrogens with one attached hydrogen (secondary N) is 1. The summed E-state index contributed by atoms with van der Waals surface area (Å²) in [5.41, 5.74) is 2.76. The Morgan fingerprint density at radius 1 is 1.36 bits per heavy atom. The summed E-state index contributed by atoms with van der Waals surface area (Å²) in [4.78, 5) is 14.0. The Labute approximate surface area is 207 Å². The van der Waals surface area contributed by atoms with Gasteiger partial charge >= 0.3 is 0 Å². The van der Waals surface area contributed by atoms with Crippen LogP contribution in [-0.4, -0.2) is 26.4 Å². The van der Waals surface area contributed by atoms with Crippen LogP contribution in [0.2, 0.25) is 5.02 Å². The van der Waals surface area contributed by atoms with Gasteiger partial charge in [-0.2, -0.15) is 5.26 Å². The molecule has 0 saturated heterocycles.